The second kappa shape index (κ2) is 11.9. The first-order valence-electron chi connectivity index (χ1n) is 10.9. The second-order valence-corrected chi connectivity index (χ2v) is 11.3. The van der Waals surface area contributed by atoms with E-state index in [0.29, 0.717) is 25.5 Å². The van der Waals surface area contributed by atoms with Crippen LogP contribution >= 0.6 is 19.4 Å². The molecule has 3 rings (SSSR count). The van der Waals surface area contributed by atoms with Crippen molar-refractivity contribution in [2.75, 3.05) is 31.7 Å². The van der Waals surface area contributed by atoms with Crippen LogP contribution in [0.1, 0.15) is 36.8 Å². The molecular weight excluding hydrogens is 474 g/mol. The van der Waals surface area contributed by atoms with E-state index in [0.717, 1.165) is 24.8 Å². The SMILES string of the molecule is O=P(O)(O)CCCNCc1cc(F)c(SCCCCC2(c3ccc(F)cc3)COC2)cc1F. The Kier molecular flexibility index (Phi) is 9.44. The topological polar surface area (TPSA) is 78.8 Å². The first-order chi connectivity index (χ1) is 15.7. The van der Waals surface area contributed by atoms with E-state index in [-0.39, 0.29) is 40.8 Å². The van der Waals surface area contributed by atoms with Crippen molar-refractivity contribution < 1.29 is 32.3 Å². The molecule has 0 atom stereocenters. The minimum Gasteiger partial charge on any atom is -0.379 e. The van der Waals surface area contributed by atoms with Gasteiger partial charge in [-0.1, -0.05) is 18.6 Å². The van der Waals surface area contributed by atoms with Crippen LogP contribution in [0.5, 0.6) is 0 Å². The first kappa shape index (κ1) is 26.3. The van der Waals surface area contributed by atoms with Gasteiger partial charge in [0.25, 0.3) is 0 Å². The lowest BCUT2D eigenvalue weighted by Gasteiger charge is -2.42. The Morgan fingerprint density at radius 3 is 2.39 bits per heavy atom. The van der Waals surface area contributed by atoms with E-state index < -0.39 is 19.2 Å². The summed E-state index contributed by atoms with van der Waals surface area (Å²) in [4.78, 5) is 17.9. The first-order valence-corrected chi connectivity index (χ1v) is 13.7. The van der Waals surface area contributed by atoms with Gasteiger partial charge in [0.1, 0.15) is 17.5 Å². The summed E-state index contributed by atoms with van der Waals surface area (Å²) in [6, 6.07) is 8.90. The molecule has 5 nitrogen and oxygen atoms in total. The van der Waals surface area contributed by atoms with Gasteiger partial charge in [-0.25, -0.2) is 13.2 Å². The minimum absolute atomic E-state index is 0.0857. The van der Waals surface area contributed by atoms with Gasteiger partial charge in [-0.05, 0) is 61.4 Å². The Morgan fingerprint density at radius 2 is 1.76 bits per heavy atom. The van der Waals surface area contributed by atoms with Gasteiger partial charge in [0.15, 0.2) is 0 Å². The summed E-state index contributed by atoms with van der Waals surface area (Å²) in [5.74, 6) is -0.607. The summed E-state index contributed by atoms with van der Waals surface area (Å²) in [6.45, 7) is 1.61. The average Bonchev–Trinajstić information content (AvgIpc) is 2.72. The lowest BCUT2D eigenvalue weighted by Crippen LogP contribution is -2.46. The standard InChI is InChI=1S/C23H29F3NO4PS/c24-19-6-4-18(5-7-19)23(15-31-16-23)8-1-2-11-33-22-13-20(25)17(12-21(22)26)14-27-9-3-10-32(28,29)30/h4-7,12-13,27H,1-3,8-11,14-16H2,(H2,28,29,30). The zero-order valence-electron chi connectivity index (χ0n) is 18.2. The number of nitrogens with one attached hydrogen (secondary N) is 1. The molecule has 0 bridgehead atoms. The molecule has 0 amide bonds. The lowest BCUT2D eigenvalue weighted by molar-refractivity contribution is -0.0652. The molecule has 3 N–H and O–H groups in total. The molecule has 1 aliphatic heterocycles. The third-order valence-corrected chi connectivity index (χ3v) is 7.76. The summed E-state index contributed by atoms with van der Waals surface area (Å²) in [5.41, 5.74) is 1.16. The smallest absolute Gasteiger partial charge is 0.325 e. The number of ether oxygens (including phenoxy) is 1. The monoisotopic (exact) mass is 503 g/mol. The summed E-state index contributed by atoms with van der Waals surface area (Å²) in [5, 5.41) is 2.88. The average molecular weight is 504 g/mol. The van der Waals surface area contributed by atoms with Crippen molar-refractivity contribution in [3.05, 3.63) is 65.0 Å². The predicted octanol–water partition coefficient (Wildman–Crippen LogP) is 4.99. The van der Waals surface area contributed by atoms with Crippen LogP contribution in [-0.4, -0.2) is 41.5 Å². The summed E-state index contributed by atoms with van der Waals surface area (Å²) in [6.07, 6.45) is 2.62. The van der Waals surface area contributed by atoms with Crippen molar-refractivity contribution in [3.63, 3.8) is 0 Å². The largest absolute Gasteiger partial charge is 0.379 e. The lowest BCUT2D eigenvalue weighted by atomic mass is 9.75. The summed E-state index contributed by atoms with van der Waals surface area (Å²) >= 11 is 1.28. The molecule has 10 heteroatoms. The van der Waals surface area contributed by atoms with E-state index in [1.54, 1.807) is 12.1 Å². The molecule has 182 valence electrons. The van der Waals surface area contributed by atoms with E-state index in [9.17, 15) is 17.7 Å². The molecule has 0 radical (unpaired) electrons. The number of halogens is 3. The highest BCUT2D eigenvalue weighted by Gasteiger charge is 2.39. The Morgan fingerprint density at radius 1 is 1.03 bits per heavy atom. The van der Waals surface area contributed by atoms with Crippen LogP contribution in [0.2, 0.25) is 0 Å². The van der Waals surface area contributed by atoms with Crippen molar-refractivity contribution in [2.45, 2.75) is 42.5 Å². The molecule has 33 heavy (non-hydrogen) atoms. The zero-order chi connectivity index (χ0) is 23.9. The molecule has 1 saturated heterocycles. The molecule has 0 spiro atoms. The van der Waals surface area contributed by atoms with Crippen LogP contribution in [0.15, 0.2) is 41.3 Å². The number of unbranched alkanes of at least 4 members (excludes halogenated alkanes) is 1. The molecule has 1 aliphatic rings. The van der Waals surface area contributed by atoms with Gasteiger partial charge in [-0.2, -0.15) is 0 Å². The maximum Gasteiger partial charge on any atom is 0.325 e. The molecule has 2 aromatic rings. The molecule has 1 fully saturated rings. The number of benzene rings is 2. The second-order valence-electron chi connectivity index (χ2n) is 8.38. The van der Waals surface area contributed by atoms with Crippen LogP contribution in [-0.2, 0) is 21.3 Å². The van der Waals surface area contributed by atoms with Crippen molar-refractivity contribution >= 4 is 19.4 Å². The van der Waals surface area contributed by atoms with Crippen molar-refractivity contribution in [2.24, 2.45) is 0 Å². The fourth-order valence-electron chi connectivity index (χ4n) is 3.80. The molecule has 2 aromatic carbocycles. The van der Waals surface area contributed by atoms with Crippen molar-refractivity contribution in [3.8, 4) is 0 Å². The maximum absolute atomic E-state index is 14.4. The molecule has 0 aromatic heterocycles. The Balaban J connectivity index is 1.41. The van der Waals surface area contributed by atoms with E-state index in [4.69, 9.17) is 14.5 Å². The Hall–Kier alpha value is -1.35. The third-order valence-electron chi connectivity index (χ3n) is 5.74. The number of hydrogen-bond acceptors (Lipinski definition) is 4. The quantitative estimate of drug-likeness (QED) is 0.203. The highest BCUT2D eigenvalue weighted by Crippen LogP contribution is 2.38. The van der Waals surface area contributed by atoms with Crippen LogP contribution < -0.4 is 5.32 Å². The van der Waals surface area contributed by atoms with E-state index >= 15 is 0 Å². The van der Waals surface area contributed by atoms with E-state index in [2.05, 4.69) is 5.32 Å². The summed E-state index contributed by atoms with van der Waals surface area (Å²) in [7, 11) is -4.04. The fourth-order valence-corrected chi connectivity index (χ4v) is 5.33. The number of thioether (sulfide) groups is 1. The highest BCUT2D eigenvalue weighted by atomic mass is 32.2. The molecule has 1 heterocycles. The van der Waals surface area contributed by atoms with Crippen molar-refractivity contribution in [1.29, 1.82) is 0 Å². The maximum atomic E-state index is 14.4. The van der Waals surface area contributed by atoms with Gasteiger partial charge < -0.3 is 19.8 Å². The Bertz CT molecular complexity index is 967. The normalized spacial score (nSPS) is 15.4. The van der Waals surface area contributed by atoms with Gasteiger partial charge in [0.2, 0.25) is 0 Å². The molecule has 0 unspecified atom stereocenters. The minimum atomic E-state index is -4.04. The molecular formula is C23H29F3NO4PS. The van der Waals surface area contributed by atoms with Gasteiger partial charge in [-0.3, -0.25) is 4.57 Å². The summed E-state index contributed by atoms with van der Waals surface area (Å²) < 4.78 is 58.2. The van der Waals surface area contributed by atoms with Crippen LogP contribution in [0.25, 0.3) is 0 Å². The van der Waals surface area contributed by atoms with Crippen LogP contribution in [0.3, 0.4) is 0 Å². The Labute approximate surface area is 196 Å². The third kappa shape index (κ3) is 7.84. The van der Waals surface area contributed by atoms with Gasteiger partial charge >= 0.3 is 7.60 Å². The number of rotatable bonds is 13. The van der Waals surface area contributed by atoms with Crippen LogP contribution in [0.4, 0.5) is 13.2 Å². The number of hydrogen-bond donors (Lipinski definition) is 3. The highest BCUT2D eigenvalue weighted by molar-refractivity contribution is 7.99. The zero-order valence-corrected chi connectivity index (χ0v) is 19.9. The van der Waals surface area contributed by atoms with E-state index in [1.807, 2.05) is 0 Å². The predicted molar refractivity (Wildman–Crippen MR) is 123 cm³/mol. The fraction of sp³-hybridized carbons (Fsp3) is 0.478. The molecule has 0 aliphatic carbocycles. The van der Waals surface area contributed by atoms with Gasteiger partial charge in [-0.15, -0.1) is 11.8 Å². The van der Waals surface area contributed by atoms with Gasteiger partial charge in [0.05, 0.1) is 19.4 Å². The van der Waals surface area contributed by atoms with Crippen LogP contribution in [0, 0.1) is 17.5 Å². The van der Waals surface area contributed by atoms with Gasteiger partial charge in [0, 0.05) is 22.4 Å². The van der Waals surface area contributed by atoms with Crippen molar-refractivity contribution in [1.82, 2.24) is 5.32 Å². The molecule has 0 saturated carbocycles. The van der Waals surface area contributed by atoms with E-state index in [1.165, 1.54) is 36.0 Å².